The largest absolute Gasteiger partial charge is 0.737 e. The maximum Gasteiger partial charge on any atom is 0.737 e. The van der Waals surface area contributed by atoms with Crippen LogP contribution >= 0.6 is 0 Å². The first kappa shape index (κ1) is 46.1. The minimum absolute atomic E-state index is 0.0137. The van der Waals surface area contributed by atoms with Crippen molar-refractivity contribution in [3.63, 3.8) is 0 Å². The topological polar surface area (TPSA) is 183 Å². The van der Waals surface area contributed by atoms with Crippen molar-refractivity contribution in [1.82, 2.24) is 9.79 Å². The zero-order chi connectivity index (χ0) is 47.0. The third-order valence-electron chi connectivity index (χ3n) is 12.5. The fourth-order valence-corrected chi connectivity index (χ4v) is 9.04. The minimum Gasteiger partial charge on any atom is -0.467 e. The number of fused-ring (bicyclic) bond motifs is 2. The van der Waals surface area contributed by atoms with E-state index in [1.165, 1.54) is 24.3 Å². The number of carbonyl (C=O) groups is 3. The number of aromatic nitrogens is 1. The molecule has 18 heteroatoms. The molecule has 14 nitrogen and oxygen atoms in total. The number of esters is 1. The van der Waals surface area contributed by atoms with Gasteiger partial charge in [0, 0.05) is 48.0 Å². The Kier molecular flexibility index (Phi) is 13.1. The van der Waals surface area contributed by atoms with Gasteiger partial charge in [0.15, 0.2) is 11.8 Å². The molecule has 4 aliphatic rings. The van der Waals surface area contributed by atoms with Crippen molar-refractivity contribution in [2.45, 2.75) is 82.4 Å². The number of aliphatic hydroxyl groups excluding tert-OH is 4. The molecule has 5 heterocycles. The van der Waals surface area contributed by atoms with Gasteiger partial charge in [-0.25, -0.2) is 9.18 Å². The molecule has 4 aromatic rings. The van der Waals surface area contributed by atoms with Crippen LogP contribution in [0.2, 0.25) is 0 Å². The summed E-state index contributed by atoms with van der Waals surface area (Å²) in [5, 5.41) is 44.8. The standard InChI is InChI=1S/C48H48BF3N4O10/c1-27-25-28(2)55-38(27)26-35-17-16-34(56(35)49(55,51)52)18-23-40(58)53-24-4-5-29-6-14-33(15-7-29)54-41(37(46(54)62)21-22-39(57)30-8-12-32(50)13-9-30)31-10-19-36(20-11-31)65-48-44(61)42(59)43(60)45(66-48)47(63)64-3/h6-17,19-20,25-26,37,39,41-45,48,57,59-61H,18,21-24H2,1-3H3,(H,53,58)/t37-,39+,41-,42+,43+,44-,45+,48-/m1/s1. The van der Waals surface area contributed by atoms with Crippen molar-refractivity contribution >= 4 is 42.2 Å². The highest BCUT2D eigenvalue weighted by Gasteiger charge is 2.53. The number of aliphatic hydroxyl groups is 4. The summed E-state index contributed by atoms with van der Waals surface area (Å²) in [6.45, 7) is -0.649. The highest BCUT2D eigenvalue weighted by Crippen LogP contribution is 2.47. The molecule has 66 heavy (non-hydrogen) atoms. The number of methoxy groups -OCH3 is 1. The molecular formula is C48H48BF3N4O10. The fraction of sp³-hybridized carbons (Fsp3) is 0.333. The van der Waals surface area contributed by atoms with Crippen LogP contribution in [0.3, 0.4) is 0 Å². The van der Waals surface area contributed by atoms with E-state index in [4.69, 9.17) is 9.47 Å². The van der Waals surface area contributed by atoms with Gasteiger partial charge < -0.3 is 62.4 Å². The van der Waals surface area contributed by atoms with Crippen LogP contribution in [0.4, 0.5) is 18.7 Å². The normalized spacial score (nSPS) is 24.3. The number of β-lactam (4-membered cyclic amide) rings is 1. The van der Waals surface area contributed by atoms with Crippen LogP contribution in [0.25, 0.3) is 6.08 Å². The Bertz CT molecular complexity index is 2680. The quantitative estimate of drug-likeness (QED) is 0.0560. The molecular weight excluding hydrogens is 860 g/mol. The molecule has 8 atom stereocenters. The first-order valence-corrected chi connectivity index (χ1v) is 21.5. The lowest BCUT2D eigenvalue weighted by Gasteiger charge is -2.48. The van der Waals surface area contributed by atoms with Crippen LogP contribution in [0, 0.1) is 37.4 Å². The number of nitrogens with zero attached hydrogens (tertiary/aromatic N) is 3. The number of amides is 2. The number of rotatable bonds is 13. The number of hydrogen-bond acceptors (Lipinski definition) is 10. The van der Waals surface area contributed by atoms with Gasteiger partial charge in [-0.1, -0.05) is 36.1 Å². The van der Waals surface area contributed by atoms with Crippen molar-refractivity contribution in [3.8, 4) is 17.6 Å². The Morgan fingerprint density at radius 2 is 1.68 bits per heavy atom. The molecule has 0 unspecified atom stereocenters. The van der Waals surface area contributed by atoms with E-state index >= 15 is 8.63 Å². The van der Waals surface area contributed by atoms with Crippen LogP contribution < -0.4 is 15.0 Å². The van der Waals surface area contributed by atoms with E-state index in [-0.39, 0.29) is 49.8 Å². The molecule has 0 spiro atoms. The Morgan fingerprint density at radius 3 is 2.38 bits per heavy atom. The second-order valence-electron chi connectivity index (χ2n) is 16.7. The maximum absolute atomic E-state index is 15.8. The molecule has 0 aliphatic carbocycles. The van der Waals surface area contributed by atoms with Gasteiger partial charge >= 0.3 is 12.9 Å². The average Bonchev–Trinajstić information content (AvgIpc) is 3.86. The number of allylic oxidation sites excluding steroid dienone is 2. The van der Waals surface area contributed by atoms with Gasteiger partial charge in [-0.05, 0) is 104 Å². The predicted octanol–water partition coefficient (Wildman–Crippen LogP) is 4.37. The Balaban J connectivity index is 0.914. The number of halogens is 3. The summed E-state index contributed by atoms with van der Waals surface area (Å²) in [5.74, 6) is 3.58. The SMILES string of the molecule is COC(=O)[C@H]1O[C@@H](Oc2ccc([C@@H]3[C@@H](CC[C@H](O)c4ccc(F)cc4)C(=O)N3c3ccc(C#CCNC(=O)CCC4=[N+]5C(=Cc6c(C)cc(C)n6[B-]5(F)F)C=C4)cc3)cc2)[C@H](O)[C@@H](O)[C@@H]1O. The van der Waals surface area contributed by atoms with E-state index in [1.54, 1.807) is 91.6 Å². The van der Waals surface area contributed by atoms with E-state index in [0.29, 0.717) is 45.2 Å². The number of nitrogens with one attached hydrogen (secondary N) is 1. The molecule has 0 radical (unpaired) electrons. The predicted molar refractivity (Wildman–Crippen MR) is 235 cm³/mol. The van der Waals surface area contributed by atoms with Crippen molar-refractivity contribution in [2.75, 3.05) is 18.6 Å². The van der Waals surface area contributed by atoms with E-state index in [0.717, 1.165) is 21.6 Å². The summed E-state index contributed by atoms with van der Waals surface area (Å²) in [5.41, 5.74) is 4.85. The number of carbonyl (C=O) groups excluding carboxylic acids is 3. The first-order chi connectivity index (χ1) is 31.6. The second kappa shape index (κ2) is 18.8. The molecule has 1 aromatic heterocycles. The molecule has 2 fully saturated rings. The van der Waals surface area contributed by atoms with Gasteiger partial charge in [0.05, 0.1) is 31.7 Å². The smallest absolute Gasteiger partial charge is 0.467 e. The summed E-state index contributed by atoms with van der Waals surface area (Å²) in [6, 6.07) is 20.2. The van der Waals surface area contributed by atoms with Gasteiger partial charge in [0.25, 0.3) is 0 Å². The van der Waals surface area contributed by atoms with Crippen molar-refractivity contribution in [2.24, 2.45) is 5.92 Å². The zero-order valence-electron chi connectivity index (χ0n) is 36.2. The second-order valence-corrected chi connectivity index (χ2v) is 16.7. The molecule has 0 bridgehead atoms. The van der Waals surface area contributed by atoms with Crippen LogP contribution in [-0.2, 0) is 23.9 Å². The van der Waals surface area contributed by atoms with Crippen LogP contribution in [0.15, 0.2) is 96.7 Å². The summed E-state index contributed by atoms with van der Waals surface area (Å²) in [4.78, 5) is 40.4. The highest BCUT2D eigenvalue weighted by atomic mass is 19.2. The molecule has 3 aromatic carbocycles. The molecule has 2 saturated heterocycles. The van der Waals surface area contributed by atoms with Crippen LogP contribution in [-0.4, -0.2) is 104 Å². The van der Waals surface area contributed by atoms with Crippen molar-refractivity contribution in [3.05, 3.63) is 136 Å². The lowest BCUT2D eigenvalue weighted by molar-refractivity contribution is -0.362. The monoisotopic (exact) mass is 908 g/mol. The third-order valence-corrected chi connectivity index (χ3v) is 12.5. The summed E-state index contributed by atoms with van der Waals surface area (Å²) < 4.78 is 63.0. The van der Waals surface area contributed by atoms with E-state index in [2.05, 4.69) is 21.9 Å². The van der Waals surface area contributed by atoms with E-state index < -0.39 is 67.5 Å². The first-order valence-electron chi connectivity index (χ1n) is 21.5. The van der Waals surface area contributed by atoms with Gasteiger partial charge in [-0.15, -0.1) is 0 Å². The number of ether oxygens (including phenoxy) is 3. The van der Waals surface area contributed by atoms with E-state index in [1.807, 2.05) is 0 Å². The van der Waals surface area contributed by atoms with Gasteiger partial charge in [-0.2, -0.15) is 0 Å². The lowest BCUT2D eigenvalue weighted by Crippen LogP contribution is -2.61. The fourth-order valence-electron chi connectivity index (χ4n) is 9.04. The average molecular weight is 909 g/mol. The summed E-state index contributed by atoms with van der Waals surface area (Å²) in [6.07, 6.45) is -3.73. The van der Waals surface area contributed by atoms with Crippen LogP contribution in [0.1, 0.15) is 71.5 Å². The van der Waals surface area contributed by atoms with Crippen LogP contribution in [0.5, 0.6) is 5.75 Å². The molecule has 2 amide bonds. The van der Waals surface area contributed by atoms with Gasteiger partial charge in [0.1, 0.15) is 35.6 Å². The zero-order valence-corrected chi connectivity index (χ0v) is 36.2. The molecule has 8 rings (SSSR count). The number of hydrogen-bond donors (Lipinski definition) is 5. The lowest BCUT2D eigenvalue weighted by atomic mass is 9.78. The molecule has 5 N–H and O–H groups in total. The van der Waals surface area contributed by atoms with Gasteiger partial charge in [-0.3, -0.25) is 9.59 Å². The van der Waals surface area contributed by atoms with Gasteiger partial charge in [0.2, 0.25) is 18.1 Å². The number of benzene rings is 3. The maximum atomic E-state index is 15.8. The third kappa shape index (κ3) is 8.92. The summed E-state index contributed by atoms with van der Waals surface area (Å²) in [7, 11) is 1.08. The number of anilines is 1. The Labute approximate surface area is 378 Å². The summed E-state index contributed by atoms with van der Waals surface area (Å²) >= 11 is 0. The molecule has 344 valence electrons. The molecule has 0 saturated carbocycles. The molecule has 4 aliphatic heterocycles. The Morgan fingerprint density at radius 1 is 0.970 bits per heavy atom. The Hall–Kier alpha value is -6.49. The number of aryl methyl sites for hydroxylation is 2. The minimum atomic E-state index is -4.12. The van der Waals surface area contributed by atoms with Crippen molar-refractivity contribution in [1.29, 1.82) is 0 Å². The van der Waals surface area contributed by atoms with Crippen molar-refractivity contribution < 1.29 is 66.5 Å². The highest BCUT2D eigenvalue weighted by molar-refractivity contribution is 6.58. The van der Waals surface area contributed by atoms with E-state index in [9.17, 15) is 39.2 Å².